The largest absolute Gasteiger partial charge is 0.479 e. The lowest BCUT2D eigenvalue weighted by molar-refractivity contribution is -0.160. The van der Waals surface area contributed by atoms with Crippen molar-refractivity contribution in [1.82, 2.24) is 9.55 Å². The number of carbonyl (C=O) groups is 1. The molecule has 0 bridgehead atoms. The maximum absolute atomic E-state index is 12.5. The van der Waals surface area contributed by atoms with E-state index in [1.165, 1.54) is 0 Å². The number of aromatic nitrogens is 2. The molecular weight excluding hydrogens is 440 g/mol. The van der Waals surface area contributed by atoms with Gasteiger partial charge in [0.25, 0.3) is 0 Å². The van der Waals surface area contributed by atoms with Crippen molar-refractivity contribution in [2.45, 2.75) is 72.3 Å². The molecule has 2 atom stereocenters. The first-order valence-electron chi connectivity index (χ1n) is 11.3. The SMILES string of the molecule is Cc1nc2c(c(C)c(C)n2CC2CCO2)c(-c2ccc(Cl)cc2)c1C(OC(C)(C)C)C(=O)O. The van der Waals surface area contributed by atoms with E-state index in [0.29, 0.717) is 16.3 Å². The van der Waals surface area contributed by atoms with Crippen molar-refractivity contribution in [3.8, 4) is 11.1 Å². The van der Waals surface area contributed by atoms with Gasteiger partial charge >= 0.3 is 5.97 Å². The standard InChI is InChI=1S/C26H31ClN2O4/c1-14-16(3)29(13-19-11-12-32-19)24-20(14)22(17-7-9-18(27)10-8-17)21(15(2)28-24)23(25(30)31)33-26(4,5)6/h7-10,19,23H,11-13H2,1-6H3,(H,30,31). The number of hydrogen-bond donors (Lipinski definition) is 1. The minimum Gasteiger partial charge on any atom is -0.479 e. The molecule has 1 fully saturated rings. The van der Waals surface area contributed by atoms with Gasteiger partial charge in [0.2, 0.25) is 0 Å². The highest BCUT2D eigenvalue weighted by Crippen LogP contribution is 2.42. The van der Waals surface area contributed by atoms with Gasteiger partial charge in [-0.05, 0) is 71.2 Å². The van der Waals surface area contributed by atoms with Crippen LogP contribution in [0.25, 0.3) is 22.2 Å². The third-order valence-electron chi connectivity index (χ3n) is 6.25. The summed E-state index contributed by atoms with van der Waals surface area (Å²) < 4.78 is 14.0. The Morgan fingerprint density at radius 3 is 2.42 bits per heavy atom. The molecule has 7 heteroatoms. The Morgan fingerprint density at radius 2 is 1.91 bits per heavy atom. The number of fused-ring (bicyclic) bond motifs is 1. The second-order valence-corrected chi connectivity index (χ2v) is 10.2. The summed E-state index contributed by atoms with van der Waals surface area (Å²) in [5, 5.41) is 11.8. The molecule has 4 rings (SSSR count). The number of carboxylic acids is 1. The third kappa shape index (κ3) is 4.52. The molecule has 0 radical (unpaired) electrons. The van der Waals surface area contributed by atoms with Crippen molar-refractivity contribution in [3.05, 3.63) is 51.8 Å². The van der Waals surface area contributed by atoms with Gasteiger partial charge in [0.1, 0.15) is 5.65 Å². The van der Waals surface area contributed by atoms with E-state index >= 15 is 0 Å². The second-order valence-electron chi connectivity index (χ2n) is 9.74. The zero-order valence-electron chi connectivity index (χ0n) is 20.0. The van der Waals surface area contributed by atoms with Crippen LogP contribution in [0.1, 0.15) is 55.8 Å². The third-order valence-corrected chi connectivity index (χ3v) is 6.51. The number of aliphatic carboxylic acids is 1. The number of rotatable bonds is 6. The van der Waals surface area contributed by atoms with Crippen molar-refractivity contribution in [3.63, 3.8) is 0 Å². The van der Waals surface area contributed by atoms with E-state index < -0.39 is 17.7 Å². The van der Waals surface area contributed by atoms with Gasteiger partial charge in [-0.2, -0.15) is 0 Å². The molecule has 1 aromatic carbocycles. The highest BCUT2D eigenvalue weighted by Gasteiger charge is 2.34. The first-order valence-corrected chi connectivity index (χ1v) is 11.6. The smallest absolute Gasteiger partial charge is 0.337 e. The predicted octanol–water partition coefficient (Wildman–Crippen LogP) is 6.01. The molecule has 0 saturated carbocycles. The summed E-state index contributed by atoms with van der Waals surface area (Å²) in [6.07, 6.45) is 0.0424. The quantitative estimate of drug-likeness (QED) is 0.477. The number of aryl methyl sites for hydroxylation is 2. The van der Waals surface area contributed by atoms with Crippen LogP contribution in [0.2, 0.25) is 5.02 Å². The van der Waals surface area contributed by atoms with Crippen molar-refractivity contribution in [2.24, 2.45) is 0 Å². The first kappa shape index (κ1) is 23.7. The Hall–Kier alpha value is -2.41. The molecular formula is C26H31ClN2O4. The van der Waals surface area contributed by atoms with Gasteiger partial charge in [0, 0.05) is 39.5 Å². The molecule has 0 aliphatic carbocycles. The molecule has 2 unspecified atom stereocenters. The average Bonchev–Trinajstić information content (AvgIpc) is 2.92. The van der Waals surface area contributed by atoms with Gasteiger partial charge in [0.05, 0.1) is 18.2 Å². The predicted molar refractivity (Wildman–Crippen MR) is 130 cm³/mol. The molecule has 1 aliphatic rings. The Balaban J connectivity index is 2.06. The van der Waals surface area contributed by atoms with Crippen LogP contribution in [-0.2, 0) is 20.8 Å². The lowest BCUT2D eigenvalue weighted by atomic mass is 9.91. The molecule has 33 heavy (non-hydrogen) atoms. The monoisotopic (exact) mass is 470 g/mol. The molecule has 0 spiro atoms. The summed E-state index contributed by atoms with van der Waals surface area (Å²) in [7, 11) is 0. The van der Waals surface area contributed by atoms with Crippen molar-refractivity contribution in [1.29, 1.82) is 0 Å². The van der Waals surface area contributed by atoms with Crippen LogP contribution in [0.3, 0.4) is 0 Å². The summed E-state index contributed by atoms with van der Waals surface area (Å²) in [6.45, 7) is 13.1. The molecule has 176 valence electrons. The number of pyridine rings is 1. The van der Waals surface area contributed by atoms with Crippen molar-refractivity contribution >= 4 is 28.6 Å². The maximum atomic E-state index is 12.5. The summed E-state index contributed by atoms with van der Waals surface area (Å²) in [5.74, 6) is -1.04. The molecule has 0 amide bonds. The van der Waals surface area contributed by atoms with Crippen molar-refractivity contribution < 1.29 is 19.4 Å². The number of nitrogens with zero attached hydrogens (tertiary/aromatic N) is 2. The van der Waals surface area contributed by atoms with E-state index in [1.54, 1.807) is 0 Å². The van der Waals surface area contributed by atoms with Crippen molar-refractivity contribution in [2.75, 3.05) is 6.61 Å². The van der Waals surface area contributed by atoms with Gasteiger partial charge in [-0.15, -0.1) is 0 Å². The van der Waals surface area contributed by atoms with Crippen LogP contribution in [-0.4, -0.2) is 38.9 Å². The first-order chi connectivity index (χ1) is 15.5. The van der Waals surface area contributed by atoms with Crippen LogP contribution in [0, 0.1) is 20.8 Å². The highest BCUT2D eigenvalue weighted by molar-refractivity contribution is 6.30. The van der Waals surface area contributed by atoms with E-state index in [1.807, 2.05) is 52.0 Å². The number of halogens is 1. The number of carboxylic acid groups (broad SMARTS) is 1. The topological polar surface area (TPSA) is 73.6 Å². The zero-order valence-corrected chi connectivity index (χ0v) is 20.8. The highest BCUT2D eigenvalue weighted by atomic mass is 35.5. The maximum Gasteiger partial charge on any atom is 0.337 e. The van der Waals surface area contributed by atoms with Crippen LogP contribution < -0.4 is 0 Å². The van der Waals surface area contributed by atoms with Crippen LogP contribution in [0.5, 0.6) is 0 Å². The molecule has 3 heterocycles. The van der Waals surface area contributed by atoms with Gasteiger partial charge in [-0.3, -0.25) is 0 Å². The summed E-state index contributed by atoms with van der Waals surface area (Å²) in [6, 6.07) is 7.50. The van der Waals surface area contributed by atoms with Gasteiger partial charge < -0.3 is 19.1 Å². The molecule has 6 nitrogen and oxygen atoms in total. The van der Waals surface area contributed by atoms with Crippen LogP contribution in [0.4, 0.5) is 0 Å². The van der Waals surface area contributed by atoms with Gasteiger partial charge in [0.15, 0.2) is 6.10 Å². The summed E-state index contributed by atoms with van der Waals surface area (Å²) in [5.41, 5.74) is 5.29. The Kier molecular flexibility index (Phi) is 6.29. The van der Waals surface area contributed by atoms with Gasteiger partial charge in [-0.1, -0.05) is 23.7 Å². The minimum absolute atomic E-state index is 0.176. The zero-order chi connectivity index (χ0) is 24.1. The van der Waals surface area contributed by atoms with E-state index in [-0.39, 0.29) is 6.10 Å². The lowest BCUT2D eigenvalue weighted by Gasteiger charge is -2.29. The van der Waals surface area contributed by atoms with E-state index in [0.717, 1.165) is 53.0 Å². The minimum atomic E-state index is -1.16. The number of benzene rings is 1. The van der Waals surface area contributed by atoms with Crippen LogP contribution in [0.15, 0.2) is 24.3 Å². The van der Waals surface area contributed by atoms with Crippen LogP contribution >= 0.6 is 11.6 Å². The lowest BCUT2D eigenvalue weighted by Crippen LogP contribution is -2.31. The van der Waals surface area contributed by atoms with E-state index in [4.69, 9.17) is 26.1 Å². The average molecular weight is 471 g/mol. The Bertz CT molecular complexity index is 1200. The molecule has 1 N–H and O–H groups in total. The van der Waals surface area contributed by atoms with E-state index in [2.05, 4.69) is 18.4 Å². The molecule has 1 aliphatic heterocycles. The normalized spacial score (nSPS) is 17.2. The number of hydrogen-bond acceptors (Lipinski definition) is 4. The fourth-order valence-corrected chi connectivity index (χ4v) is 4.60. The molecule has 3 aromatic rings. The molecule has 1 saturated heterocycles. The van der Waals surface area contributed by atoms with E-state index in [9.17, 15) is 9.90 Å². The Labute approximate surface area is 199 Å². The summed E-state index contributed by atoms with van der Waals surface area (Å²) in [4.78, 5) is 17.4. The second kappa shape index (κ2) is 8.75. The number of ether oxygens (including phenoxy) is 2. The molecule has 2 aromatic heterocycles. The Morgan fingerprint density at radius 1 is 1.27 bits per heavy atom. The van der Waals surface area contributed by atoms with Gasteiger partial charge in [-0.25, -0.2) is 9.78 Å². The fraction of sp³-hybridized carbons (Fsp3) is 0.462. The summed E-state index contributed by atoms with van der Waals surface area (Å²) >= 11 is 6.18. The fourth-order valence-electron chi connectivity index (χ4n) is 4.47.